The minimum absolute atomic E-state index is 0.0832. The number of carbonyl (C=O) groups is 2. The van der Waals surface area contributed by atoms with Crippen LogP contribution in [0.25, 0.3) is 0 Å². The summed E-state index contributed by atoms with van der Waals surface area (Å²) in [4.78, 5) is 22.6. The fraction of sp³-hybridized carbons (Fsp3) is 0.846. The van der Waals surface area contributed by atoms with Crippen LogP contribution in [0.3, 0.4) is 0 Å². The molecule has 1 rings (SSSR count). The smallest absolute Gasteiger partial charge is 0.306 e. The highest BCUT2D eigenvalue weighted by atomic mass is 16.4. The summed E-state index contributed by atoms with van der Waals surface area (Å²) in [5, 5.41) is 11.7. The van der Waals surface area contributed by atoms with Gasteiger partial charge in [-0.2, -0.15) is 0 Å². The predicted molar refractivity (Wildman–Crippen MR) is 65.6 cm³/mol. The molecule has 0 unspecified atom stereocenters. The molecule has 17 heavy (non-hydrogen) atoms. The number of amides is 1. The van der Waals surface area contributed by atoms with Crippen molar-refractivity contribution in [3.63, 3.8) is 0 Å². The second kappa shape index (κ2) is 6.62. The first-order valence-electron chi connectivity index (χ1n) is 6.61. The van der Waals surface area contributed by atoms with Crippen molar-refractivity contribution in [2.24, 2.45) is 11.8 Å². The first kappa shape index (κ1) is 14.0. The van der Waals surface area contributed by atoms with E-state index in [0.29, 0.717) is 12.8 Å². The number of hydrogen-bond acceptors (Lipinski definition) is 2. The van der Waals surface area contributed by atoms with E-state index in [1.54, 1.807) is 0 Å². The molecule has 4 nitrogen and oxygen atoms in total. The van der Waals surface area contributed by atoms with Gasteiger partial charge in [-0.25, -0.2) is 0 Å². The molecule has 0 aliphatic heterocycles. The normalized spacial score (nSPS) is 23.2. The van der Waals surface area contributed by atoms with E-state index >= 15 is 0 Å². The number of rotatable bonds is 7. The zero-order valence-corrected chi connectivity index (χ0v) is 10.7. The maximum atomic E-state index is 11.9. The third-order valence-electron chi connectivity index (χ3n) is 3.48. The molecule has 0 heterocycles. The van der Waals surface area contributed by atoms with Gasteiger partial charge in [-0.15, -0.1) is 0 Å². The molecule has 0 spiro atoms. The first-order chi connectivity index (χ1) is 8.08. The molecule has 2 N–H and O–H groups in total. The third-order valence-corrected chi connectivity index (χ3v) is 3.48. The molecule has 1 aliphatic rings. The van der Waals surface area contributed by atoms with Gasteiger partial charge in [0.1, 0.15) is 0 Å². The quantitative estimate of drug-likeness (QED) is 0.718. The predicted octanol–water partition coefficient (Wildman–Crippen LogP) is 2.18. The number of aliphatic carboxylic acids is 1. The summed E-state index contributed by atoms with van der Waals surface area (Å²) in [5.74, 6) is -0.776. The van der Waals surface area contributed by atoms with E-state index in [4.69, 9.17) is 5.11 Å². The van der Waals surface area contributed by atoms with Gasteiger partial charge < -0.3 is 10.4 Å². The Bertz CT molecular complexity index is 266. The van der Waals surface area contributed by atoms with E-state index in [2.05, 4.69) is 19.2 Å². The molecule has 0 bridgehead atoms. The Morgan fingerprint density at radius 3 is 2.18 bits per heavy atom. The summed E-state index contributed by atoms with van der Waals surface area (Å²) in [5.41, 5.74) is 0. The Morgan fingerprint density at radius 1 is 1.24 bits per heavy atom. The summed E-state index contributed by atoms with van der Waals surface area (Å²) < 4.78 is 0. The first-order valence-corrected chi connectivity index (χ1v) is 6.61. The molecule has 4 heteroatoms. The molecule has 0 aromatic rings. The summed E-state index contributed by atoms with van der Waals surface area (Å²) in [6, 6.07) is 0.0832. The van der Waals surface area contributed by atoms with Gasteiger partial charge in [0.2, 0.25) is 5.91 Å². The lowest BCUT2D eigenvalue weighted by atomic mass is 9.80. The topological polar surface area (TPSA) is 66.4 Å². The molecule has 0 saturated heterocycles. The standard InChI is InChI=1S/C13H23NO3/c1-3-5-9(6-4-2)12(15)14-11-7-10(8-11)13(16)17/h9-11H,3-8H2,1-2H3,(H,14,15)(H,16,17). The van der Waals surface area contributed by atoms with Crippen LogP contribution < -0.4 is 5.32 Å². The lowest BCUT2D eigenvalue weighted by molar-refractivity contribution is -0.146. The van der Waals surface area contributed by atoms with Gasteiger partial charge >= 0.3 is 5.97 Å². The number of nitrogens with one attached hydrogen (secondary N) is 1. The Balaban J connectivity index is 2.30. The van der Waals surface area contributed by atoms with Crippen molar-refractivity contribution in [2.75, 3.05) is 0 Å². The Kier molecular flexibility index (Phi) is 5.45. The minimum Gasteiger partial charge on any atom is -0.481 e. The molecule has 0 atom stereocenters. The van der Waals surface area contributed by atoms with Crippen LogP contribution in [0.1, 0.15) is 52.4 Å². The minimum atomic E-state index is -0.742. The second-order valence-corrected chi connectivity index (χ2v) is 4.99. The third kappa shape index (κ3) is 4.02. The molecule has 0 aromatic heterocycles. The summed E-state index contributed by atoms with van der Waals surface area (Å²) in [6.07, 6.45) is 5.06. The maximum Gasteiger partial charge on any atom is 0.306 e. The molecule has 1 saturated carbocycles. The SMILES string of the molecule is CCCC(CCC)C(=O)NC1CC(C(=O)O)C1. The van der Waals surface area contributed by atoms with Gasteiger partial charge in [0.15, 0.2) is 0 Å². The van der Waals surface area contributed by atoms with Crippen molar-refractivity contribution in [3.8, 4) is 0 Å². The highest BCUT2D eigenvalue weighted by Crippen LogP contribution is 2.28. The lowest BCUT2D eigenvalue weighted by Gasteiger charge is -2.34. The Labute approximate surface area is 103 Å². The zero-order valence-electron chi connectivity index (χ0n) is 10.7. The molecule has 0 aromatic carbocycles. The fourth-order valence-corrected chi connectivity index (χ4v) is 2.36. The molecule has 1 amide bonds. The van der Waals surface area contributed by atoms with E-state index in [0.717, 1.165) is 25.7 Å². The van der Waals surface area contributed by atoms with Crippen molar-refractivity contribution in [1.29, 1.82) is 0 Å². The highest BCUT2D eigenvalue weighted by molar-refractivity contribution is 5.79. The van der Waals surface area contributed by atoms with Gasteiger partial charge in [-0.3, -0.25) is 9.59 Å². The van der Waals surface area contributed by atoms with Crippen LogP contribution in [0.5, 0.6) is 0 Å². The molecular weight excluding hydrogens is 218 g/mol. The van der Waals surface area contributed by atoms with Gasteiger partial charge in [-0.05, 0) is 25.7 Å². The molecule has 1 fully saturated rings. The monoisotopic (exact) mass is 241 g/mol. The largest absolute Gasteiger partial charge is 0.481 e. The van der Waals surface area contributed by atoms with Gasteiger partial charge in [0, 0.05) is 12.0 Å². The number of carboxylic acids is 1. The van der Waals surface area contributed by atoms with E-state index < -0.39 is 5.97 Å². The van der Waals surface area contributed by atoms with Crippen molar-refractivity contribution < 1.29 is 14.7 Å². The summed E-state index contributed by atoms with van der Waals surface area (Å²) >= 11 is 0. The Morgan fingerprint density at radius 2 is 1.76 bits per heavy atom. The van der Waals surface area contributed by atoms with Gasteiger partial charge in [0.05, 0.1) is 5.92 Å². The van der Waals surface area contributed by atoms with Crippen LogP contribution in [0.4, 0.5) is 0 Å². The maximum absolute atomic E-state index is 11.9. The van der Waals surface area contributed by atoms with Crippen molar-refractivity contribution in [1.82, 2.24) is 5.32 Å². The molecule has 1 aliphatic carbocycles. The molecule has 0 radical (unpaired) electrons. The number of hydrogen-bond donors (Lipinski definition) is 2. The summed E-state index contributed by atoms with van der Waals surface area (Å²) in [6.45, 7) is 4.17. The molecular formula is C13H23NO3. The van der Waals surface area contributed by atoms with Gasteiger partial charge in [0.25, 0.3) is 0 Å². The van der Waals surface area contributed by atoms with Gasteiger partial charge in [-0.1, -0.05) is 26.7 Å². The zero-order chi connectivity index (χ0) is 12.8. The van der Waals surface area contributed by atoms with Crippen LogP contribution in [0, 0.1) is 11.8 Å². The van der Waals surface area contributed by atoms with E-state index in [-0.39, 0.29) is 23.8 Å². The Hall–Kier alpha value is -1.06. The van der Waals surface area contributed by atoms with Crippen LogP contribution in [-0.2, 0) is 9.59 Å². The van der Waals surface area contributed by atoms with Crippen LogP contribution in [0.15, 0.2) is 0 Å². The van der Waals surface area contributed by atoms with Crippen LogP contribution in [-0.4, -0.2) is 23.0 Å². The lowest BCUT2D eigenvalue weighted by Crippen LogP contribution is -2.48. The number of carboxylic acid groups (broad SMARTS) is 1. The van der Waals surface area contributed by atoms with Crippen molar-refractivity contribution in [3.05, 3.63) is 0 Å². The van der Waals surface area contributed by atoms with Crippen molar-refractivity contribution >= 4 is 11.9 Å². The highest BCUT2D eigenvalue weighted by Gasteiger charge is 2.35. The fourth-order valence-electron chi connectivity index (χ4n) is 2.36. The van der Waals surface area contributed by atoms with E-state index in [1.165, 1.54) is 0 Å². The second-order valence-electron chi connectivity index (χ2n) is 4.99. The van der Waals surface area contributed by atoms with Crippen LogP contribution in [0.2, 0.25) is 0 Å². The van der Waals surface area contributed by atoms with Crippen molar-refractivity contribution in [2.45, 2.75) is 58.4 Å². The summed E-state index contributed by atoms with van der Waals surface area (Å²) in [7, 11) is 0. The average Bonchev–Trinajstić information content (AvgIpc) is 2.21. The number of carbonyl (C=O) groups excluding carboxylic acids is 1. The molecule has 98 valence electrons. The average molecular weight is 241 g/mol. The van der Waals surface area contributed by atoms with E-state index in [1.807, 2.05) is 0 Å². The van der Waals surface area contributed by atoms with Crippen LogP contribution >= 0.6 is 0 Å². The van der Waals surface area contributed by atoms with E-state index in [9.17, 15) is 9.59 Å².